The van der Waals surface area contributed by atoms with Gasteiger partial charge in [-0.3, -0.25) is 0 Å². The predicted octanol–water partition coefficient (Wildman–Crippen LogP) is 4.01. The summed E-state index contributed by atoms with van der Waals surface area (Å²) < 4.78 is 10.7. The lowest BCUT2D eigenvalue weighted by Crippen LogP contribution is -2.37. The van der Waals surface area contributed by atoms with E-state index in [1.54, 1.807) is 11.5 Å². The van der Waals surface area contributed by atoms with Crippen molar-refractivity contribution < 1.29 is 4.74 Å². The molecule has 5 heteroatoms. The van der Waals surface area contributed by atoms with E-state index in [1.807, 2.05) is 0 Å². The molecule has 22 heavy (non-hydrogen) atoms. The van der Waals surface area contributed by atoms with Crippen LogP contribution in [0, 0.1) is 5.92 Å². The Balaban J connectivity index is 1.46. The molecule has 4 nitrogen and oxygen atoms in total. The van der Waals surface area contributed by atoms with Crippen LogP contribution in [0.2, 0.25) is 0 Å². The molecule has 0 N–H and O–H groups in total. The van der Waals surface area contributed by atoms with Gasteiger partial charge in [0.15, 0.2) is 0 Å². The topological polar surface area (TPSA) is 38.2 Å². The Kier molecular flexibility index (Phi) is 5.03. The van der Waals surface area contributed by atoms with E-state index in [0.29, 0.717) is 6.10 Å². The van der Waals surface area contributed by atoms with Crippen LogP contribution in [0.4, 0.5) is 5.13 Å². The van der Waals surface area contributed by atoms with Gasteiger partial charge in [0.05, 0.1) is 6.10 Å². The van der Waals surface area contributed by atoms with Gasteiger partial charge in [-0.05, 0) is 31.6 Å². The Morgan fingerprint density at radius 1 is 1.14 bits per heavy atom. The van der Waals surface area contributed by atoms with Gasteiger partial charge in [0.1, 0.15) is 5.82 Å². The van der Waals surface area contributed by atoms with E-state index >= 15 is 0 Å². The van der Waals surface area contributed by atoms with Crippen molar-refractivity contribution in [1.29, 1.82) is 0 Å². The summed E-state index contributed by atoms with van der Waals surface area (Å²) >= 11 is 1.54. The van der Waals surface area contributed by atoms with Gasteiger partial charge in [0, 0.05) is 36.6 Å². The molecule has 1 saturated carbocycles. The van der Waals surface area contributed by atoms with E-state index in [9.17, 15) is 0 Å². The SMILES string of the molecule is CC(C)(C)c1nsc(N2CCC(OCC3CCCC3)CC2)n1. The van der Waals surface area contributed by atoms with Gasteiger partial charge in [0.2, 0.25) is 5.13 Å². The van der Waals surface area contributed by atoms with Crippen LogP contribution in [-0.4, -0.2) is 35.2 Å². The molecular formula is C17H29N3OS. The highest BCUT2D eigenvalue weighted by Crippen LogP contribution is 2.29. The molecule has 0 aromatic carbocycles. The smallest absolute Gasteiger partial charge is 0.205 e. The minimum absolute atomic E-state index is 0.0392. The third kappa shape index (κ3) is 3.99. The molecule has 2 heterocycles. The molecule has 0 unspecified atom stereocenters. The van der Waals surface area contributed by atoms with Crippen molar-refractivity contribution in [1.82, 2.24) is 9.36 Å². The Morgan fingerprint density at radius 2 is 1.82 bits per heavy atom. The maximum absolute atomic E-state index is 6.15. The molecule has 0 bridgehead atoms. The number of anilines is 1. The third-order valence-corrected chi connectivity index (χ3v) is 5.62. The molecule has 1 saturated heterocycles. The van der Waals surface area contributed by atoms with Gasteiger partial charge in [-0.2, -0.15) is 4.37 Å². The summed E-state index contributed by atoms with van der Waals surface area (Å²) in [5.41, 5.74) is 0.0392. The Hall–Kier alpha value is -0.680. The van der Waals surface area contributed by atoms with Crippen LogP contribution in [0.5, 0.6) is 0 Å². The predicted molar refractivity (Wildman–Crippen MR) is 91.8 cm³/mol. The van der Waals surface area contributed by atoms with Crippen molar-refractivity contribution in [2.75, 3.05) is 24.6 Å². The average molecular weight is 324 g/mol. The van der Waals surface area contributed by atoms with Crippen molar-refractivity contribution in [2.45, 2.75) is 70.8 Å². The first-order chi connectivity index (χ1) is 10.5. The summed E-state index contributed by atoms with van der Waals surface area (Å²) in [6.45, 7) is 9.59. The molecule has 3 rings (SSSR count). The number of hydrogen-bond donors (Lipinski definition) is 0. The normalized spacial score (nSPS) is 21.7. The third-order valence-electron chi connectivity index (χ3n) is 4.84. The van der Waals surface area contributed by atoms with Crippen LogP contribution in [0.1, 0.15) is 65.1 Å². The van der Waals surface area contributed by atoms with Crippen LogP contribution in [-0.2, 0) is 10.2 Å². The molecule has 1 aliphatic carbocycles. The summed E-state index contributed by atoms with van der Waals surface area (Å²) in [5.74, 6) is 1.79. The van der Waals surface area contributed by atoms with Gasteiger partial charge in [-0.1, -0.05) is 33.6 Å². The lowest BCUT2D eigenvalue weighted by Gasteiger charge is -2.32. The first-order valence-corrected chi connectivity index (χ1v) is 9.50. The van der Waals surface area contributed by atoms with Crippen LogP contribution in [0.3, 0.4) is 0 Å². The van der Waals surface area contributed by atoms with Crippen LogP contribution in [0.15, 0.2) is 0 Å². The minimum Gasteiger partial charge on any atom is -0.378 e. The molecule has 1 aromatic heterocycles. The fourth-order valence-corrected chi connectivity index (χ4v) is 4.22. The summed E-state index contributed by atoms with van der Waals surface area (Å²) in [4.78, 5) is 7.11. The summed E-state index contributed by atoms with van der Waals surface area (Å²) in [5, 5.41) is 1.08. The molecule has 0 atom stereocenters. The maximum atomic E-state index is 6.15. The van der Waals surface area contributed by atoms with Gasteiger partial charge < -0.3 is 9.64 Å². The zero-order valence-electron chi connectivity index (χ0n) is 14.2. The highest BCUT2D eigenvalue weighted by atomic mass is 32.1. The van der Waals surface area contributed by atoms with Crippen molar-refractivity contribution in [3.05, 3.63) is 5.82 Å². The maximum Gasteiger partial charge on any atom is 0.205 e. The lowest BCUT2D eigenvalue weighted by molar-refractivity contribution is 0.0164. The average Bonchev–Trinajstić information content (AvgIpc) is 3.16. The highest BCUT2D eigenvalue weighted by molar-refractivity contribution is 7.09. The first-order valence-electron chi connectivity index (χ1n) is 8.73. The molecule has 0 spiro atoms. The van der Waals surface area contributed by atoms with E-state index in [0.717, 1.165) is 49.4 Å². The van der Waals surface area contributed by atoms with E-state index in [1.165, 1.54) is 25.7 Å². The molecule has 0 amide bonds. The van der Waals surface area contributed by atoms with Gasteiger partial charge in [-0.25, -0.2) is 4.98 Å². The molecule has 2 aliphatic rings. The summed E-state index contributed by atoms with van der Waals surface area (Å²) in [7, 11) is 0. The van der Waals surface area contributed by atoms with Crippen molar-refractivity contribution in [3.8, 4) is 0 Å². The van der Waals surface area contributed by atoms with Crippen molar-refractivity contribution in [3.63, 3.8) is 0 Å². The number of aromatic nitrogens is 2. The second-order valence-corrected chi connectivity index (χ2v) is 8.55. The largest absolute Gasteiger partial charge is 0.378 e. The standard InChI is InChI=1S/C17H29N3OS/c1-17(2,3)15-18-16(22-19-15)20-10-8-14(9-11-20)21-12-13-6-4-5-7-13/h13-14H,4-12H2,1-3H3. The summed E-state index contributed by atoms with van der Waals surface area (Å²) in [6.07, 6.45) is 8.25. The number of hydrogen-bond acceptors (Lipinski definition) is 5. The zero-order chi connectivity index (χ0) is 15.6. The Labute approximate surface area is 138 Å². The molecule has 1 aliphatic heterocycles. The first kappa shape index (κ1) is 16.2. The van der Waals surface area contributed by atoms with Gasteiger partial charge in [-0.15, -0.1) is 0 Å². The molecular weight excluding hydrogens is 294 g/mol. The molecule has 1 aromatic rings. The van der Waals surface area contributed by atoms with Crippen LogP contribution < -0.4 is 4.90 Å². The van der Waals surface area contributed by atoms with E-state index < -0.39 is 0 Å². The second-order valence-electron chi connectivity index (χ2n) is 7.82. The fourth-order valence-electron chi connectivity index (χ4n) is 3.31. The van der Waals surface area contributed by atoms with Crippen LogP contribution in [0.25, 0.3) is 0 Å². The van der Waals surface area contributed by atoms with Gasteiger partial charge >= 0.3 is 0 Å². The van der Waals surface area contributed by atoms with Crippen molar-refractivity contribution >= 4 is 16.7 Å². The fraction of sp³-hybridized carbons (Fsp3) is 0.882. The minimum atomic E-state index is 0.0392. The number of ether oxygens (including phenoxy) is 1. The highest BCUT2D eigenvalue weighted by Gasteiger charge is 2.26. The Morgan fingerprint density at radius 3 is 2.41 bits per heavy atom. The monoisotopic (exact) mass is 323 g/mol. The van der Waals surface area contributed by atoms with Crippen LogP contribution >= 0.6 is 11.5 Å². The molecule has 2 fully saturated rings. The zero-order valence-corrected chi connectivity index (χ0v) is 15.0. The quantitative estimate of drug-likeness (QED) is 0.839. The number of nitrogens with zero attached hydrogens (tertiary/aromatic N) is 3. The number of rotatable bonds is 4. The number of piperidine rings is 1. The molecule has 124 valence electrons. The van der Waals surface area contributed by atoms with Gasteiger partial charge in [0.25, 0.3) is 0 Å². The summed E-state index contributed by atoms with van der Waals surface area (Å²) in [6, 6.07) is 0. The lowest BCUT2D eigenvalue weighted by atomic mass is 9.96. The van der Waals surface area contributed by atoms with Crippen molar-refractivity contribution in [2.24, 2.45) is 5.92 Å². The molecule has 0 radical (unpaired) electrons. The second kappa shape index (κ2) is 6.83. The van der Waals surface area contributed by atoms with E-state index in [4.69, 9.17) is 9.72 Å². The van der Waals surface area contributed by atoms with E-state index in [2.05, 4.69) is 30.0 Å². The van der Waals surface area contributed by atoms with E-state index in [-0.39, 0.29) is 5.41 Å². The Bertz CT molecular complexity index is 468.